The number of amides is 4. The molecule has 598 valence electrons. The van der Waals surface area contributed by atoms with E-state index >= 15 is 0 Å². The predicted octanol–water partition coefficient (Wildman–Crippen LogP) is 17.1. The maximum absolute atomic E-state index is 12.5. The molecule has 25 nitrogen and oxygen atoms in total. The van der Waals surface area contributed by atoms with Crippen LogP contribution < -0.4 is 59.2 Å². The summed E-state index contributed by atoms with van der Waals surface area (Å²) in [5, 5.41) is 10.6. The normalized spacial score (nSPS) is 9.83. The third-order valence-electron chi connectivity index (χ3n) is 14.3. The topological polar surface area (TPSA) is 344 Å². The second-order valence-electron chi connectivity index (χ2n) is 25.7. The minimum atomic E-state index is -0.563. The van der Waals surface area contributed by atoms with Crippen LogP contribution in [0.2, 0.25) is 0 Å². The summed E-state index contributed by atoms with van der Waals surface area (Å²) in [7, 11) is 0. The van der Waals surface area contributed by atoms with Gasteiger partial charge in [0.2, 0.25) is 0 Å². The average molecular weight is 1570 g/mol. The standard InChI is InChI=1S/2C21H19NO5.C21H20O5.2C14H15NO3/c1-13(2)19(23)22-16-7-11-18(12-8-16)27-21(25)15-5-9-17(10-6-15)26-20(24)14(3)4;1-13(2)19(23)22-16-7-5-15(6-8-16)21(25)27-18-11-9-17(10-12-18)26-20(24)14(3)4;1-13(2)20(23)25-17-9-5-15(6-10-17)19(22)16-7-11-18(12-8-16)26-21(24)14(3)4;1-9(2)13(16)15-11-5-7-12(8-6-11)18-14(17)10(3)4;1-9(2)13(16)15-11-6-5-7-12(8-11)18-14(17)10(3)4/h2*5-12H,1,3H2,2,4H3,(H,22,23);5-12,14H,1H2,2-4H3;2*5-8H,1,3H2,2,4H3,(H,15,16). The summed E-state index contributed by atoms with van der Waals surface area (Å²) in [4.78, 5) is 151. The Morgan fingerprint density at radius 2 is 0.457 bits per heavy atom. The van der Waals surface area contributed by atoms with Crippen LogP contribution in [0.15, 0.2) is 303 Å². The van der Waals surface area contributed by atoms with E-state index in [1.165, 1.54) is 48.5 Å². The Morgan fingerprint density at radius 3 is 0.724 bits per heavy atom. The first-order chi connectivity index (χ1) is 54.6. The number of ether oxygens (including phenoxy) is 8. The molecule has 0 heterocycles. The third-order valence-corrected chi connectivity index (χ3v) is 14.3. The Morgan fingerprint density at radius 1 is 0.241 bits per heavy atom. The van der Waals surface area contributed by atoms with Crippen molar-refractivity contribution in [2.45, 2.75) is 76.2 Å². The van der Waals surface area contributed by atoms with E-state index in [1.807, 2.05) is 0 Å². The summed E-state index contributed by atoms with van der Waals surface area (Å²) in [6.07, 6.45) is 0. The zero-order valence-electron chi connectivity index (χ0n) is 66.0. The molecule has 0 bridgehead atoms. The molecule has 0 saturated heterocycles. The molecule has 0 radical (unpaired) electrons. The maximum atomic E-state index is 12.5. The summed E-state index contributed by atoms with van der Waals surface area (Å²) in [5.41, 5.74) is 6.88. The van der Waals surface area contributed by atoms with E-state index in [0.717, 1.165) is 0 Å². The molecule has 0 aliphatic carbocycles. The first-order valence-electron chi connectivity index (χ1n) is 34.9. The lowest BCUT2D eigenvalue weighted by atomic mass is 10.0. The number of hydrogen-bond donors (Lipinski definition) is 4. The number of benzene rings is 8. The van der Waals surface area contributed by atoms with Crippen molar-refractivity contribution in [3.63, 3.8) is 0 Å². The van der Waals surface area contributed by atoms with Gasteiger partial charge in [0.25, 0.3) is 23.6 Å². The molecule has 0 aliphatic rings. The van der Waals surface area contributed by atoms with Crippen molar-refractivity contribution < 1.29 is 100 Å². The van der Waals surface area contributed by atoms with E-state index in [2.05, 4.69) is 80.5 Å². The molecule has 8 rings (SSSR count). The predicted molar refractivity (Wildman–Crippen MR) is 441 cm³/mol. The molecular weight excluding hydrogens is 1490 g/mol. The molecule has 0 saturated carbocycles. The number of anilines is 4. The van der Waals surface area contributed by atoms with E-state index in [9.17, 15) is 62.3 Å². The van der Waals surface area contributed by atoms with Crippen LogP contribution in [0.1, 0.15) is 113 Å². The Kier molecular flexibility index (Phi) is 36.7. The molecule has 116 heavy (non-hydrogen) atoms. The van der Waals surface area contributed by atoms with E-state index in [1.54, 1.807) is 222 Å². The van der Waals surface area contributed by atoms with Crippen LogP contribution in [0.25, 0.3) is 0 Å². The van der Waals surface area contributed by atoms with E-state index in [-0.39, 0.29) is 52.4 Å². The van der Waals surface area contributed by atoms with Gasteiger partial charge >= 0.3 is 47.8 Å². The van der Waals surface area contributed by atoms with Gasteiger partial charge in [-0.2, -0.15) is 0 Å². The molecule has 0 aromatic heterocycles. The molecular formula is C91H88N4O21. The highest BCUT2D eigenvalue weighted by Crippen LogP contribution is 2.26. The minimum Gasteiger partial charge on any atom is -0.426 e. The molecule has 4 amide bonds. The largest absolute Gasteiger partial charge is 0.426 e. The van der Waals surface area contributed by atoms with E-state index in [4.69, 9.17) is 37.9 Å². The smallest absolute Gasteiger partial charge is 0.343 e. The Bertz CT molecular complexity index is 4870. The van der Waals surface area contributed by atoms with Crippen LogP contribution in [-0.2, 0) is 47.9 Å². The molecule has 0 atom stereocenters. The Balaban J connectivity index is 0.000000309. The first-order valence-corrected chi connectivity index (χ1v) is 34.9. The van der Waals surface area contributed by atoms with Gasteiger partial charge in [0.15, 0.2) is 5.78 Å². The van der Waals surface area contributed by atoms with Gasteiger partial charge in [0, 0.05) is 90.1 Å². The summed E-state index contributed by atoms with van der Waals surface area (Å²) in [6.45, 7) is 49.4. The van der Waals surface area contributed by atoms with Gasteiger partial charge in [-0.05, 0) is 244 Å². The highest BCUT2D eigenvalue weighted by molar-refractivity contribution is 6.09. The maximum Gasteiger partial charge on any atom is 0.343 e. The van der Waals surface area contributed by atoms with Crippen molar-refractivity contribution in [3.8, 4) is 46.0 Å². The second kappa shape index (κ2) is 45.8. The zero-order chi connectivity index (χ0) is 86.6. The summed E-state index contributed by atoms with van der Waals surface area (Å²) < 4.78 is 41.0. The van der Waals surface area contributed by atoms with Crippen LogP contribution in [-0.4, -0.2) is 77.2 Å². The van der Waals surface area contributed by atoms with Crippen LogP contribution >= 0.6 is 0 Å². The number of rotatable bonds is 26. The van der Waals surface area contributed by atoms with Gasteiger partial charge in [0.05, 0.1) is 17.0 Å². The van der Waals surface area contributed by atoms with Crippen molar-refractivity contribution >= 4 is 99.9 Å². The number of esters is 8. The number of ketones is 1. The number of nitrogens with one attached hydrogen (secondary N) is 4. The van der Waals surface area contributed by atoms with Crippen molar-refractivity contribution in [3.05, 3.63) is 326 Å². The fraction of sp³-hybridized carbons (Fsp3) is 0.132. The zero-order valence-corrected chi connectivity index (χ0v) is 66.0. The third kappa shape index (κ3) is 33.1. The Labute approximate surface area is 672 Å². The lowest BCUT2D eigenvalue weighted by Crippen LogP contribution is -2.14. The number of carbonyl (C=O) groups excluding carboxylic acids is 13. The van der Waals surface area contributed by atoms with Gasteiger partial charge in [0.1, 0.15) is 46.0 Å². The summed E-state index contributed by atoms with van der Waals surface area (Å²) >= 11 is 0. The van der Waals surface area contributed by atoms with E-state index in [0.29, 0.717) is 130 Å². The van der Waals surface area contributed by atoms with E-state index < -0.39 is 41.8 Å². The molecule has 8 aromatic rings. The van der Waals surface area contributed by atoms with Gasteiger partial charge in [-0.15, -0.1) is 0 Å². The van der Waals surface area contributed by atoms with Crippen molar-refractivity contribution in [2.24, 2.45) is 5.92 Å². The fourth-order valence-corrected chi connectivity index (χ4v) is 7.78. The number of hydrogen-bond acceptors (Lipinski definition) is 21. The van der Waals surface area contributed by atoms with Gasteiger partial charge < -0.3 is 59.2 Å². The molecule has 0 spiro atoms. The lowest BCUT2D eigenvalue weighted by Gasteiger charge is -2.08. The SMILES string of the molecule is C=C(C)C(=O)Nc1ccc(C(=O)Oc2ccc(OC(=O)C(=C)C)cc2)cc1.C=C(C)C(=O)Nc1ccc(OC(=O)C(=C)C)cc1.C=C(C)C(=O)Nc1ccc(OC(=O)c2ccc(OC(=O)C(=C)C)cc2)cc1.C=C(C)C(=O)Nc1cccc(OC(=O)C(=C)C)c1.C=C(C)C(=O)Oc1ccc(C(=O)c2ccc(OC(=O)C(C)C)cc2)cc1. The summed E-state index contributed by atoms with van der Waals surface area (Å²) in [5.74, 6) is -2.81. The second-order valence-corrected chi connectivity index (χ2v) is 25.7. The van der Waals surface area contributed by atoms with Crippen molar-refractivity contribution in [1.82, 2.24) is 0 Å². The lowest BCUT2D eigenvalue weighted by molar-refractivity contribution is -0.138. The quantitative estimate of drug-likeness (QED) is 0.0169. The number of carbonyl (C=O) groups is 13. The van der Waals surface area contributed by atoms with Crippen LogP contribution in [0.3, 0.4) is 0 Å². The highest BCUT2D eigenvalue weighted by atomic mass is 16.6. The average Bonchev–Trinajstić information content (AvgIpc) is 0.850. The molecule has 0 fully saturated rings. The van der Waals surface area contributed by atoms with Crippen LogP contribution in [0, 0.1) is 5.92 Å². The monoisotopic (exact) mass is 1570 g/mol. The summed E-state index contributed by atoms with van der Waals surface area (Å²) in [6, 6.07) is 50.3. The van der Waals surface area contributed by atoms with Gasteiger partial charge in [-0.25, -0.2) is 33.6 Å². The molecule has 4 N–H and O–H groups in total. The molecule has 25 heteroatoms. The first kappa shape index (κ1) is 93.1. The van der Waals surface area contributed by atoms with Crippen molar-refractivity contribution in [2.75, 3.05) is 21.3 Å². The minimum absolute atomic E-state index is 0.190. The van der Waals surface area contributed by atoms with Crippen LogP contribution in [0.4, 0.5) is 22.7 Å². The molecule has 0 unspecified atom stereocenters. The molecule has 0 aliphatic heterocycles. The van der Waals surface area contributed by atoms with Crippen LogP contribution in [0.5, 0.6) is 46.0 Å². The fourth-order valence-electron chi connectivity index (χ4n) is 7.78. The molecule has 8 aromatic carbocycles. The van der Waals surface area contributed by atoms with Gasteiger partial charge in [-0.3, -0.25) is 28.8 Å². The van der Waals surface area contributed by atoms with Gasteiger partial charge in [-0.1, -0.05) is 79.1 Å². The Hall–Kier alpha value is -15.3. The van der Waals surface area contributed by atoms with Crippen molar-refractivity contribution in [1.29, 1.82) is 0 Å². The highest BCUT2D eigenvalue weighted by Gasteiger charge is 2.18.